The van der Waals surface area contributed by atoms with Crippen molar-refractivity contribution in [3.63, 3.8) is 0 Å². The van der Waals surface area contributed by atoms with Crippen molar-refractivity contribution in [3.8, 4) is 0 Å². The van der Waals surface area contributed by atoms with E-state index in [9.17, 15) is 20.1 Å². The Morgan fingerprint density at radius 3 is 2.52 bits per heavy atom. The molecule has 6 atom stereocenters. The second kappa shape index (κ2) is 7.71. The summed E-state index contributed by atoms with van der Waals surface area (Å²) in [6.45, 7) is 1.10. The summed E-state index contributed by atoms with van der Waals surface area (Å²) < 4.78 is 10.1. The van der Waals surface area contributed by atoms with Crippen molar-refractivity contribution < 1.29 is 34.7 Å². The summed E-state index contributed by atoms with van der Waals surface area (Å²) in [5, 5.41) is 40.7. The molecule has 1 aliphatic rings. The fourth-order valence-electron chi connectivity index (χ4n) is 2.38. The van der Waals surface area contributed by atoms with E-state index in [-0.39, 0.29) is 0 Å². The van der Waals surface area contributed by atoms with Gasteiger partial charge >= 0.3 is 6.09 Å². The van der Waals surface area contributed by atoms with Crippen LogP contribution in [-0.4, -0.2) is 63.8 Å². The minimum absolute atomic E-state index is 0.537. The van der Waals surface area contributed by atoms with E-state index in [0.717, 1.165) is 5.56 Å². The number of aliphatic hydroxyl groups excluding tert-OH is 4. The number of aliphatic hydroxyl groups is 4. The van der Waals surface area contributed by atoms with Gasteiger partial charge in [-0.05, 0) is 12.5 Å². The molecule has 1 saturated heterocycles. The highest BCUT2D eigenvalue weighted by atomic mass is 16.6. The summed E-state index contributed by atoms with van der Waals surface area (Å²) in [5.74, 6) is 0. The summed E-state index contributed by atoms with van der Waals surface area (Å²) in [7, 11) is 0. The standard InChI is InChI=1S/C15H21NO7/c1-8(9-5-3-2-4-6-9)22-15(21)16-11-13(19)12(18)10(7-17)23-14(11)20/h2-6,8,10-14,17-20H,7H2,1H3,(H,16,21)/t8?,10?,11-,12?,13?,14?/m1/s1. The number of carbonyl (C=O) groups excluding carboxylic acids is 1. The van der Waals surface area contributed by atoms with Gasteiger partial charge in [-0.2, -0.15) is 0 Å². The third-order valence-corrected chi connectivity index (χ3v) is 3.74. The van der Waals surface area contributed by atoms with Gasteiger partial charge in [-0.3, -0.25) is 0 Å². The van der Waals surface area contributed by atoms with Gasteiger partial charge in [0, 0.05) is 0 Å². The number of nitrogens with one attached hydrogen (secondary N) is 1. The molecule has 8 heteroatoms. The van der Waals surface area contributed by atoms with Crippen molar-refractivity contribution >= 4 is 6.09 Å². The second-order valence-electron chi connectivity index (χ2n) is 5.36. The monoisotopic (exact) mass is 327 g/mol. The fourth-order valence-corrected chi connectivity index (χ4v) is 2.38. The minimum Gasteiger partial charge on any atom is -0.442 e. The predicted molar refractivity (Wildman–Crippen MR) is 78.2 cm³/mol. The number of amides is 1. The van der Waals surface area contributed by atoms with Crippen molar-refractivity contribution in [3.05, 3.63) is 35.9 Å². The zero-order valence-corrected chi connectivity index (χ0v) is 12.6. The van der Waals surface area contributed by atoms with E-state index < -0.39 is 49.4 Å². The van der Waals surface area contributed by atoms with Crippen LogP contribution in [0, 0.1) is 0 Å². The first-order chi connectivity index (χ1) is 10.9. The summed E-state index contributed by atoms with van der Waals surface area (Å²) in [5.41, 5.74) is 0.782. The topological polar surface area (TPSA) is 128 Å². The normalized spacial score (nSPS) is 32.1. The van der Waals surface area contributed by atoms with Crippen LogP contribution in [0.1, 0.15) is 18.6 Å². The van der Waals surface area contributed by atoms with Crippen LogP contribution in [0.25, 0.3) is 0 Å². The number of benzene rings is 1. The molecule has 1 amide bonds. The molecule has 128 valence electrons. The third kappa shape index (κ3) is 4.18. The van der Waals surface area contributed by atoms with Gasteiger partial charge in [0.05, 0.1) is 6.61 Å². The van der Waals surface area contributed by atoms with Crippen LogP contribution in [0.4, 0.5) is 4.79 Å². The van der Waals surface area contributed by atoms with Gasteiger partial charge in [-0.1, -0.05) is 30.3 Å². The smallest absolute Gasteiger partial charge is 0.408 e. The first-order valence-corrected chi connectivity index (χ1v) is 7.26. The maximum atomic E-state index is 11.9. The Morgan fingerprint density at radius 2 is 1.91 bits per heavy atom. The molecule has 1 fully saturated rings. The lowest BCUT2D eigenvalue weighted by molar-refractivity contribution is -0.253. The van der Waals surface area contributed by atoms with Crippen LogP contribution >= 0.6 is 0 Å². The van der Waals surface area contributed by atoms with Gasteiger partial charge in [0.15, 0.2) is 6.29 Å². The number of ether oxygens (including phenoxy) is 2. The van der Waals surface area contributed by atoms with Gasteiger partial charge < -0.3 is 35.2 Å². The first kappa shape index (κ1) is 17.6. The van der Waals surface area contributed by atoms with E-state index in [2.05, 4.69) is 5.32 Å². The Bertz CT molecular complexity index is 512. The van der Waals surface area contributed by atoms with Crippen molar-refractivity contribution in [1.29, 1.82) is 0 Å². The third-order valence-electron chi connectivity index (χ3n) is 3.74. The van der Waals surface area contributed by atoms with Gasteiger partial charge in [-0.15, -0.1) is 0 Å². The molecule has 0 bridgehead atoms. The largest absolute Gasteiger partial charge is 0.442 e. The molecule has 23 heavy (non-hydrogen) atoms. The van der Waals surface area contributed by atoms with Gasteiger partial charge in [-0.25, -0.2) is 4.79 Å². The summed E-state index contributed by atoms with van der Waals surface area (Å²) in [6, 6.07) is 7.76. The summed E-state index contributed by atoms with van der Waals surface area (Å²) in [4.78, 5) is 11.9. The number of alkyl carbamates (subject to hydrolysis) is 1. The molecule has 1 heterocycles. The molecular formula is C15H21NO7. The molecule has 1 aliphatic heterocycles. The van der Waals surface area contributed by atoms with Crippen LogP contribution < -0.4 is 5.32 Å². The molecular weight excluding hydrogens is 306 g/mol. The lowest BCUT2D eigenvalue weighted by Gasteiger charge is -2.40. The van der Waals surface area contributed by atoms with Crippen molar-refractivity contribution in [2.75, 3.05) is 6.61 Å². The Morgan fingerprint density at radius 1 is 1.26 bits per heavy atom. The van der Waals surface area contributed by atoms with Crippen LogP contribution in [-0.2, 0) is 9.47 Å². The molecule has 1 aromatic carbocycles. The highest BCUT2D eigenvalue weighted by Gasteiger charge is 2.44. The highest BCUT2D eigenvalue weighted by Crippen LogP contribution is 2.21. The zero-order valence-electron chi connectivity index (χ0n) is 12.6. The molecule has 0 radical (unpaired) electrons. The minimum atomic E-state index is -1.58. The van der Waals surface area contributed by atoms with Gasteiger partial charge in [0.1, 0.15) is 30.5 Å². The van der Waals surface area contributed by atoms with E-state index >= 15 is 0 Å². The Hall–Kier alpha value is -1.71. The SMILES string of the molecule is CC(OC(=O)N[C@H]1C(O)OC(CO)C(O)C1O)c1ccccc1. The Labute approximate surface area is 133 Å². The molecule has 5 N–H and O–H groups in total. The number of hydrogen-bond donors (Lipinski definition) is 5. The summed E-state index contributed by atoms with van der Waals surface area (Å²) in [6.07, 6.45) is -7.06. The number of hydrogen-bond acceptors (Lipinski definition) is 7. The maximum absolute atomic E-state index is 11.9. The average molecular weight is 327 g/mol. The lowest BCUT2D eigenvalue weighted by atomic mass is 9.97. The van der Waals surface area contributed by atoms with Crippen molar-refractivity contribution in [2.24, 2.45) is 0 Å². The summed E-state index contributed by atoms with van der Waals surface area (Å²) >= 11 is 0. The maximum Gasteiger partial charge on any atom is 0.408 e. The van der Waals surface area contributed by atoms with Crippen LogP contribution in [0.5, 0.6) is 0 Å². The fraction of sp³-hybridized carbons (Fsp3) is 0.533. The van der Waals surface area contributed by atoms with Gasteiger partial charge in [0.2, 0.25) is 0 Å². The highest BCUT2D eigenvalue weighted by molar-refractivity contribution is 5.68. The predicted octanol–water partition coefficient (Wildman–Crippen LogP) is -0.726. The van der Waals surface area contributed by atoms with Gasteiger partial charge in [0.25, 0.3) is 0 Å². The second-order valence-corrected chi connectivity index (χ2v) is 5.36. The molecule has 5 unspecified atom stereocenters. The van der Waals surface area contributed by atoms with Crippen molar-refractivity contribution in [1.82, 2.24) is 5.32 Å². The van der Waals surface area contributed by atoms with Crippen molar-refractivity contribution in [2.45, 2.75) is 43.7 Å². The molecule has 0 saturated carbocycles. The Kier molecular flexibility index (Phi) is 5.91. The van der Waals surface area contributed by atoms with E-state index in [1.807, 2.05) is 6.07 Å². The van der Waals surface area contributed by atoms with Crippen LogP contribution in [0.3, 0.4) is 0 Å². The molecule has 8 nitrogen and oxygen atoms in total. The van der Waals surface area contributed by atoms with E-state index in [4.69, 9.17) is 14.6 Å². The molecule has 0 aromatic heterocycles. The van der Waals surface area contributed by atoms with E-state index in [0.29, 0.717) is 0 Å². The quantitative estimate of drug-likeness (QED) is 0.493. The van der Waals surface area contributed by atoms with Crippen LogP contribution in [0.2, 0.25) is 0 Å². The van der Waals surface area contributed by atoms with E-state index in [1.165, 1.54) is 0 Å². The number of carbonyl (C=O) groups is 1. The van der Waals surface area contributed by atoms with E-state index in [1.54, 1.807) is 31.2 Å². The lowest BCUT2D eigenvalue weighted by Crippen LogP contribution is -2.64. The molecule has 1 aromatic rings. The molecule has 2 rings (SSSR count). The van der Waals surface area contributed by atoms with Crippen LogP contribution in [0.15, 0.2) is 30.3 Å². The molecule has 0 aliphatic carbocycles. The zero-order chi connectivity index (χ0) is 17.0. The number of rotatable bonds is 4. The molecule has 0 spiro atoms. The average Bonchev–Trinajstić information content (AvgIpc) is 2.55. The Balaban J connectivity index is 1.94. The first-order valence-electron chi connectivity index (χ1n) is 7.26.